The van der Waals surface area contributed by atoms with Crippen LogP contribution in [0.15, 0.2) is 77.7 Å². The summed E-state index contributed by atoms with van der Waals surface area (Å²) >= 11 is 14.2. The second kappa shape index (κ2) is 13.7. The molecule has 0 aliphatic heterocycles. The molecule has 1 unspecified atom stereocenters. The normalized spacial score (nSPS) is 11.8. The molecule has 0 saturated carbocycles. The lowest BCUT2D eigenvalue weighted by Crippen LogP contribution is -2.51. The highest BCUT2D eigenvalue weighted by Gasteiger charge is 2.31. The molecule has 0 saturated heterocycles. The molecule has 0 spiro atoms. The lowest BCUT2D eigenvalue weighted by atomic mass is 10.0. The monoisotopic (exact) mass is 542 g/mol. The maximum absolute atomic E-state index is 13.7. The first-order valence-corrected chi connectivity index (χ1v) is 13.7. The van der Waals surface area contributed by atoms with Gasteiger partial charge in [0.15, 0.2) is 0 Å². The number of nitrogens with zero attached hydrogens (tertiary/aromatic N) is 1. The lowest BCUT2D eigenvalue weighted by Gasteiger charge is -2.32. The minimum absolute atomic E-state index is 0.0519. The molecule has 190 valence electrons. The van der Waals surface area contributed by atoms with Gasteiger partial charge in [-0.2, -0.15) is 0 Å². The summed E-state index contributed by atoms with van der Waals surface area (Å²) in [5, 5.41) is 4.00. The molecule has 0 fully saturated rings. The fourth-order valence-corrected chi connectivity index (χ4v) is 5.11. The minimum atomic E-state index is -0.682. The van der Waals surface area contributed by atoms with E-state index in [2.05, 4.69) is 29.6 Å². The van der Waals surface area contributed by atoms with Crippen LogP contribution in [0, 0.1) is 6.92 Å². The van der Waals surface area contributed by atoms with Crippen molar-refractivity contribution in [3.05, 3.63) is 99.5 Å². The van der Waals surface area contributed by atoms with E-state index in [1.54, 1.807) is 28.8 Å². The maximum atomic E-state index is 13.7. The first-order valence-electron chi connectivity index (χ1n) is 12.0. The fraction of sp³-hybridized carbons (Fsp3) is 0.310. The van der Waals surface area contributed by atoms with Crippen LogP contribution < -0.4 is 5.32 Å². The fourth-order valence-electron chi connectivity index (χ4n) is 3.80. The molecule has 2 amide bonds. The van der Waals surface area contributed by atoms with Crippen molar-refractivity contribution in [3.63, 3.8) is 0 Å². The van der Waals surface area contributed by atoms with Gasteiger partial charge in [0, 0.05) is 46.1 Å². The third-order valence-corrected chi connectivity index (χ3v) is 7.26. The summed E-state index contributed by atoms with van der Waals surface area (Å²) in [6.45, 7) is 6.09. The molecular formula is C29H32Cl2N2O2S. The first kappa shape index (κ1) is 28.1. The average molecular weight is 544 g/mol. The number of halogens is 2. The van der Waals surface area contributed by atoms with Gasteiger partial charge in [0.1, 0.15) is 6.04 Å². The number of aryl methyl sites for hydroxylation is 1. The van der Waals surface area contributed by atoms with Gasteiger partial charge in [-0.15, -0.1) is 11.8 Å². The van der Waals surface area contributed by atoms with E-state index in [0.29, 0.717) is 28.6 Å². The molecule has 0 aromatic heterocycles. The van der Waals surface area contributed by atoms with Crippen LogP contribution in [-0.4, -0.2) is 34.6 Å². The zero-order valence-corrected chi connectivity index (χ0v) is 23.2. The van der Waals surface area contributed by atoms with Crippen LogP contribution in [-0.2, 0) is 22.6 Å². The molecule has 0 bridgehead atoms. The predicted octanol–water partition coefficient (Wildman–Crippen LogP) is 6.95. The van der Waals surface area contributed by atoms with Crippen LogP contribution in [0.2, 0.25) is 10.0 Å². The van der Waals surface area contributed by atoms with Crippen LogP contribution in [0.3, 0.4) is 0 Å². The van der Waals surface area contributed by atoms with Crippen LogP contribution in [0.1, 0.15) is 37.0 Å². The van der Waals surface area contributed by atoms with Crippen molar-refractivity contribution in [1.29, 1.82) is 0 Å². The number of amides is 2. The number of carbonyl (C=O) groups excluding carboxylic acids is 2. The average Bonchev–Trinajstić information content (AvgIpc) is 2.84. The highest BCUT2D eigenvalue weighted by molar-refractivity contribution is 7.99. The molecule has 3 aromatic carbocycles. The molecule has 0 aliphatic rings. The second-order valence-electron chi connectivity index (χ2n) is 9.04. The van der Waals surface area contributed by atoms with E-state index in [1.165, 1.54) is 5.56 Å². The Hall–Kier alpha value is -2.47. The van der Waals surface area contributed by atoms with Crippen LogP contribution >= 0.6 is 35.0 Å². The number of hydrogen-bond acceptors (Lipinski definition) is 3. The molecule has 0 heterocycles. The molecule has 36 heavy (non-hydrogen) atoms. The number of benzene rings is 3. The van der Waals surface area contributed by atoms with E-state index in [1.807, 2.05) is 57.2 Å². The van der Waals surface area contributed by atoms with Gasteiger partial charge in [-0.05, 0) is 56.2 Å². The molecule has 4 nitrogen and oxygen atoms in total. The van der Waals surface area contributed by atoms with E-state index in [9.17, 15) is 9.59 Å². The van der Waals surface area contributed by atoms with Gasteiger partial charge in [-0.1, -0.05) is 77.3 Å². The van der Waals surface area contributed by atoms with Gasteiger partial charge in [-0.3, -0.25) is 9.59 Å². The Morgan fingerprint density at radius 1 is 0.972 bits per heavy atom. The van der Waals surface area contributed by atoms with Gasteiger partial charge in [0.2, 0.25) is 11.8 Å². The standard InChI is InChI=1S/C29H32Cl2N2O2S/c1-20(2)32-29(35)27(17-22-7-5-4-6-8-22)33(19-23-11-12-24(30)18-26(23)31)28(34)15-16-36-25-13-9-21(3)10-14-25/h4-14,18,20,27H,15-17,19H2,1-3H3,(H,32,35). The number of carbonyl (C=O) groups is 2. The van der Waals surface area contributed by atoms with Gasteiger partial charge in [0.05, 0.1) is 0 Å². The zero-order valence-electron chi connectivity index (χ0n) is 20.8. The Bertz CT molecular complexity index is 1150. The number of hydrogen-bond donors (Lipinski definition) is 1. The Balaban J connectivity index is 1.87. The van der Waals surface area contributed by atoms with Gasteiger partial charge < -0.3 is 10.2 Å². The molecule has 1 N–H and O–H groups in total. The summed E-state index contributed by atoms with van der Waals surface area (Å²) in [5.74, 6) is 0.329. The van der Waals surface area contributed by atoms with Crippen LogP contribution in [0.4, 0.5) is 0 Å². The summed E-state index contributed by atoms with van der Waals surface area (Å²) in [7, 11) is 0. The predicted molar refractivity (Wildman–Crippen MR) is 151 cm³/mol. The lowest BCUT2D eigenvalue weighted by molar-refractivity contribution is -0.141. The molecule has 3 rings (SSSR count). The smallest absolute Gasteiger partial charge is 0.243 e. The summed E-state index contributed by atoms with van der Waals surface area (Å²) < 4.78 is 0. The zero-order chi connectivity index (χ0) is 26.1. The highest BCUT2D eigenvalue weighted by Crippen LogP contribution is 2.25. The number of thioether (sulfide) groups is 1. The van der Waals surface area contributed by atoms with Gasteiger partial charge in [-0.25, -0.2) is 0 Å². The topological polar surface area (TPSA) is 49.4 Å². The highest BCUT2D eigenvalue weighted by atomic mass is 35.5. The molecule has 0 radical (unpaired) electrons. The van der Waals surface area contributed by atoms with Crippen molar-refractivity contribution in [2.75, 3.05) is 5.75 Å². The van der Waals surface area contributed by atoms with E-state index in [0.717, 1.165) is 16.0 Å². The third kappa shape index (κ3) is 8.58. The summed E-state index contributed by atoms with van der Waals surface area (Å²) in [4.78, 5) is 29.8. The van der Waals surface area contributed by atoms with E-state index in [4.69, 9.17) is 23.2 Å². The van der Waals surface area contributed by atoms with E-state index < -0.39 is 6.04 Å². The molecule has 3 aromatic rings. The number of rotatable bonds is 11. The SMILES string of the molecule is Cc1ccc(SCCC(=O)N(Cc2ccc(Cl)cc2Cl)C(Cc2ccccc2)C(=O)NC(C)C)cc1. The van der Waals surface area contributed by atoms with Crippen molar-refractivity contribution in [2.24, 2.45) is 0 Å². The van der Waals surface area contributed by atoms with Gasteiger partial charge >= 0.3 is 0 Å². The van der Waals surface area contributed by atoms with Gasteiger partial charge in [0.25, 0.3) is 0 Å². The maximum Gasteiger partial charge on any atom is 0.243 e. The quantitative estimate of drug-likeness (QED) is 0.266. The van der Waals surface area contributed by atoms with E-state index >= 15 is 0 Å². The van der Waals surface area contributed by atoms with Crippen molar-refractivity contribution in [1.82, 2.24) is 10.2 Å². The van der Waals surface area contributed by atoms with E-state index in [-0.39, 0.29) is 24.4 Å². The third-order valence-electron chi connectivity index (χ3n) is 5.66. The van der Waals surface area contributed by atoms with Crippen molar-refractivity contribution in [3.8, 4) is 0 Å². The Labute approximate surface area is 228 Å². The van der Waals surface area contributed by atoms with Crippen molar-refractivity contribution < 1.29 is 9.59 Å². The molecule has 0 aliphatic carbocycles. The first-order chi connectivity index (χ1) is 17.2. The largest absolute Gasteiger partial charge is 0.352 e. The second-order valence-corrected chi connectivity index (χ2v) is 11.0. The van der Waals surface area contributed by atoms with Crippen molar-refractivity contribution >= 4 is 46.8 Å². The van der Waals surface area contributed by atoms with Crippen LogP contribution in [0.25, 0.3) is 0 Å². The Kier molecular flexibility index (Phi) is 10.7. The van der Waals surface area contributed by atoms with Crippen LogP contribution in [0.5, 0.6) is 0 Å². The molecule has 1 atom stereocenters. The Morgan fingerprint density at radius 3 is 2.31 bits per heavy atom. The molecular weight excluding hydrogens is 511 g/mol. The Morgan fingerprint density at radius 2 is 1.67 bits per heavy atom. The minimum Gasteiger partial charge on any atom is -0.352 e. The molecule has 7 heteroatoms. The summed E-state index contributed by atoms with van der Waals surface area (Å²) in [6, 6.07) is 22.5. The number of nitrogens with one attached hydrogen (secondary N) is 1. The summed E-state index contributed by atoms with van der Waals surface area (Å²) in [6.07, 6.45) is 0.700. The van der Waals surface area contributed by atoms with Crippen molar-refractivity contribution in [2.45, 2.75) is 57.1 Å². The summed E-state index contributed by atoms with van der Waals surface area (Å²) in [5.41, 5.74) is 2.92.